The Labute approximate surface area is 195 Å². The first-order valence-electron chi connectivity index (χ1n) is 11.2. The van der Waals surface area contributed by atoms with Gasteiger partial charge in [0.2, 0.25) is 15.9 Å². The molecule has 1 aromatic rings. The van der Waals surface area contributed by atoms with Crippen LogP contribution in [0.4, 0.5) is 0 Å². The van der Waals surface area contributed by atoms with Gasteiger partial charge in [-0.15, -0.1) is 0 Å². The van der Waals surface area contributed by atoms with E-state index in [9.17, 15) is 18.0 Å². The maximum atomic E-state index is 13.2. The number of hydrogen-bond donors (Lipinski definition) is 1. The molecule has 32 heavy (non-hydrogen) atoms. The zero-order chi connectivity index (χ0) is 23.3. The monoisotopic (exact) mass is 485 g/mol. The largest absolute Gasteiger partial charge is 0.373 e. The Bertz CT molecular complexity index is 929. The Morgan fingerprint density at radius 2 is 1.91 bits per heavy atom. The molecule has 0 aliphatic carbocycles. The van der Waals surface area contributed by atoms with Crippen molar-refractivity contribution in [2.24, 2.45) is 0 Å². The van der Waals surface area contributed by atoms with Crippen molar-refractivity contribution >= 4 is 33.4 Å². The average Bonchev–Trinajstić information content (AvgIpc) is 2.94. The zero-order valence-corrected chi connectivity index (χ0v) is 20.3. The third-order valence-corrected chi connectivity index (χ3v) is 8.07. The van der Waals surface area contributed by atoms with Crippen LogP contribution in [0.25, 0.3) is 0 Å². The standard InChI is InChI=1S/C22H32ClN3O5S/c1-16-14-26(15-17(2)31-16)32(29,30)20-13-18(8-9-19(20)23)22(28)24-10-6-12-25-11-5-3-4-7-21(25)27/h8-9,13,16-17H,3-7,10-12,14-15H2,1-2H3,(H,24,28)/t16-,17-/m1/s1. The molecule has 0 bridgehead atoms. The molecule has 0 saturated carbocycles. The summed E-state index contributed by atoms with van der Waals surface area (Å²) in [5, 5.41) is 2.89. The van der Waals surface area contributed by atoms with Crippen molar-refractivity contribution in [1.82, 2.24) is 14.5 Å². The molecular formula is C22H32ClN3O5S. The van der Waals surface area contributed by atoms with Crippen molar-refractivity contribution in [1.29, 1.82) is 0 Å². The van der Waals surface area contributed by atoms with Crippen LogP contribution in [0.1, 0.15) is 56.3 Å². The van der Waals surface area contributed by atoms with Crippen LogP contribution in [0.5, 0.6) is 0 Å². The zero-order valence-electron chi connectivity index (χ0n) is 18.7. The molecule has 1 aromatic carbocycles. The second-order valence-corrected chi connectivity index (χ2v) is 10.8. The molecule has 8 nitrogen and oxygen atoms in total. The number of amides is 2. The van der Waals surface area contributed by atoms with E-state index in [-0.39, 0.29) is 52.6 Å². The van der Waals surface area contributed by atoms with E-state index in [0.29, 0.717) is 25.9 Å². The molecule has 0 unspecified atom stereocenters. The summed E-state index contributed by atoms with van der Waals surface area (Å²) in [7, 11) is -3.87. The summed E-state index contributed by atoms with van der Waals surface area (Å²) in [6, 6.07) is 4.28. The Morgan fingerprint density at radius 3 is 2.62 bits per heavy atom. The van der Waals surface area contributed by atoms with Crippen molar-refractivity contribution in [3.8, 4) is 0 Å². The number of nitrogens with one attached hydrogen (secondary N) is 1. The van der Waals surface area contributed by atoms with Crippen molar-refractivity contribution in [2.75, 3.05) is 32.7 Å². The van der Waals surface area contributed by atoms with Gasteiger partial charge >= 0.3 is 0 Å². The summed E-state index contributed by atoms with van der Waals surface area (Å²) in [4.78, 5) is 26.5. The third-order valence-electron chi connectivity index (χ3n) is 5.76. The lowest BCUT2D eigenvalue weighted by atomic mass is 10.2. The van der Waals surface area contributed by atoms with E-state index in [1.807, 2.05) is 18.7 Å². The van der Waals surface area contributed by atoms with Crippen molar-refractivity contribution < 1.29 is 22.7 Å². The lowest BCUT2D eigenvalue weighted by Gasteiger charge is -2.34. The predicted molar refractivity (Wildman–Crippen MR) is 122 cm³/mol. The Morgan fingerprint density at radius 1 is 1.19 bits per heavy atom. The molecule has 2 amide bonds. The number of benzene rings is 1. The number of ether oxygens (including phenoxy) is 1. The molecule has 3 rings (SSSR count). The number of sulfonamides is 1. The van der Waals surface area contributed by atoms with Crippen LogP contribution in [0.2, 0.25) is 5.02 Å². The summed E-state index contributed by atoms with van der Waals surface area (Å²) < 4.78 is 33.3. The van der Waals surface area contributed by atoms with Crippen LogP contribution >= 0.6 is 11.6 Å². The SMILES string of the molecule is C[C@@H]1CN(S(=O)(=O)c2cc(C(=O)NCCCN3CCCCCC3=O)ccc2Cl)C[C@@H](C)O1. The Hall–Kier alpha value is -1.68. The van der Waals surface area contributed by atoms with Gasteiger partial charge in [-0.1, -0.05) is 18.0 Å². The van der Waals surface area contributed by atoms with E-state index in [1.165, 1.54) is 22.5 Å². The highest BCUT2D eigenvalue weighted by molar-refractivity contribution is 7.89. The first kappa shape index (κ1) is 25.0. The van der Waals surface area contributed by atoms with Crippen molar-refractivity contribution in [3.63, 3.8) is 0 Å². The molecule has 2 heterocycles. The van der Waals surface area contributed by atoms with E-state index >= 15 is 0 Å². The minimum Gasteiger partial charge on any atom is -0.373 e. The Balaban J connectivity index is 1.62. The summed E-state index contributed by atoms with van der Waals surface area (Å²) in [5.41, 5.74) is 0.230. The molecule has 0 radical (unpaired) electrons. The summed E-state index contributed by atoms with van der Waals surface area (Å²) in [6.07, 6.45) is 3.80. The van der Waals surface area contributed by atoms with Crippen LogP contribution in [0.15, 0.2) is 23.1 Å². The van der Waals surface area contributed by atoms with Gasteiger partial charge in [-0.2, -0.15) is 4.31 Å². The van der Waals surface area contributed by atoms with Crippen molar-refractivity contribution in [2.45, 2.75) is 63.1 Å². The maximum Gasteiger partial charge on any atom is 0.251 e. The molecule has 178 valence electrons. The molecule has 10 heteroatoms. The number of likely N-dealkylation sites (tertiary alicyclic amines) is 1. The number of nitrogens with zero attached hydrogens (tertiary/aromatic N) is 2. The fourth-order valence-electron chi connectivity index (χ4n) is 4.16. The molecule has 2 atom stereocenters. The fourth-order valence-corrected chi connectivity index (χ4v) is 6.25. The van der Waals surface area contributed by atoms with Gasteiger partial charge in [0.15, 0.2) is 0 Å². The smallest absolute Gasteiger partial charge is 0.251 e. The second kappa shape index (κ2) is 11.0. The maximum absolute atomic E-state index is 13.2. The number of morpholine rings is 1. The third kappa shape index (κ3) is 6.21. The summed E-state index contributed by atoms with van der Waals surface area (Å²) in [5.74, 6) is -0.197. The van der Waals surface area contributed by atoms with Gasteiger partial charge < -0.3 is 15.0 Å². The predicted octanol–water partition coefficient (Wildman–Crippen LogP) is 2.66. The summed E-state index contributed by atoms with van der Waals surface area (Å²) in [6.45, 7) is 5.87. The highest BCUT2D eigenvalue weighted by Gasteiger charge is 2.33. The van der Waals surface area contributed by atoms with Crippen LogP contribution in [-0.2, 0) is 19.6 Å². The number of halogens is 1. The molecular weight excluding hydrogens is 454 g/mol. The first-order chi connectivity index (χ1) is 15.2. The average molecular weight is 486 g/mol. The van der Waals surface area contributed by atoms with E-state index in [1.54, 1.807) is 0 Å². The van der Waals surface area contributed by atoms with Gasteiger partial charge in [-0.05, 0) is 51.3 Å². The van der Waals surface area contributed by atoms with Gasteiger partial charge in [0.25, 0.3) is 5.91 Å². The first-order valence-corrected chi connectivity index (χ1v) is 13.0. The Kier molecular flexibility index (Phi) is 8.55. The molecule has 2 aliphatic heterocycles. The normalized spacial score (nSPS) is 23.1. The van der Waals surface area contributed by atoms with E-state index in [2.05, 4.69) is 5.32 Å². The van der Waals surface area contributed by atoms with E-state index < -0.39 is 10.0 Å². The fraction of sp³-hybridized carbons (Fsp3) is 0.636. The van der Waals surface area contributed by atoms with Crippen LogP contribution in [0, 0.1) is 0 Å². The lowest BCUT2D eigenvalue weighted by molar-refractivity contribution is -0.130. The van der Waals surface area contributed by atoms with Gasteiger partial charge in [-0.3, -0.25) is 9.59 Å². The highest BCUT2D eigenvalue weighted by Crippen LogP contribution is 2.28. The lowest BCUT2D eigenvalue weighted by Crippen LogP contribution is -2.48. The van der Waals surface area contributed by atoms with Crippen LogP contribution < -0.4 is 5.32 Å². The molecule has 1 N–H and O–H groups in total. The minimum atomic E-state index is -3.87. The van der Waals surface area contributed by atoms with Crippen LogP contribution in [0.3, 0.4) is 0 Å². The summed E-state index contributed by atoms with van der Waals surface area (Å²) >= 11 is 6.21. The number of hydrogen-bond acceptors (Lipinski definition) is 5. The topological polar surface area (TPSA) is 96.0 Å². The van der Waals surface area contributed by atoms with E-state index in [0.717, 1.165) is 25.8 Å². The molecule has 0 spiro atoms. The number of carbonyl (C=O) groups is 2. The molecule has 0 aromatic heterocycles. The van der Waals surface area contributed by atoms with Crippen LogP contribution in [-0.4, -0.2) is 74.4 Å². The number of carbonyl (C=O) groups excluding carboxylic acids is 2. The van der Waals surface area contributed by atoms with Gasteiger partial charge in [0.05, 0.1) is 17.2 Å². The van der Waals surface area contributed by atoms with Crippen molar-refractivity contribution in [3.05, 3.63) is 28.8 Å². The quantitative estimate of drug-likeness (QED) is 0.599. The van der Waals surface area contributed by atoms with Gasteiger partial charge in [0.1, 0.15) is 4.90 Å². The van der Waals surface area contributed by atoms with Gasteiger partial charge in [0, 0.05) is 44.7 Å². The second-order valence-electron chi connectivity index (χ2n) is 8.53. The highest BCUT2D eigenvalue weighted by atomic mass is 35.5. The molecule has 2 fully saturated rings. The number of rotatable bonds is 7. The van der Waals surface area contributed by atoms with E-state index in [4.69, 9.17) is 16.3 Å². The van der Waals surface area contributed by atoms with Gasteiger partial charge in [-0.25, -0.2) is 8.42 Å². The molecule has 2 saturated heterocycles. The minimum absolute atomic E-state index is 0.0769. The molecule has 2 aliphatic rings.